The van der Waals surface area contributed by atoms with E-state index in [2.05, 4.69) is 20.7 Å². The molecular weight excluding hydrogens is 352 g/mol. The summed E-state index contributed by atoms with van der Waals surface area (Å²) in [6.45, 7) is 1.90. The smallest absolute Gasteiger partial charge is 0.233 e. The number of rotatable bonds is 5. The monoisotopic (exact) mass is 368 g/mol. The first-order valence-corrected chi connectivity index (χ1v) is 8.92. The van der Waals surface area contributed by atoms with Gasteiger partial charge in [0, 0.05) is 10.2 Å². The van der Waals surface area contributed by atoms with Crippen LogP contribution in [0.15, 0.2) is 53.0 Å². The third kappa shape index (κ3) is 4.47. The third-order valence-electron chi connectivity index (χ3n) is 3.10. The summed E-state index contributed by atoms with van der Waals surface area (Å²) in [6.07, 6.45) is 0. The minimum atomic E-state index is -3.44. The van der Waals surface area contributed by atoms with Gasteiger partial charge in [0.1, 0.15) is 0 Å². The molecule has 21 heavy (non-hydrogen) atoms. The molecule has 4 nitrogen and oxygen atoms in total. The van der Waals surface area contributed by atoms with E-state index in [1.165, 1.54) is 0 Å². The van der Waals surface area contributed by atoms with E-state index in [0.717, 1.165) is 5.56 Å². The van der Waals surface area contributed by atoms with Crippen LogP contribution in [0.5, 0.6) is 0 Å². The Morgan fingerprint density at radius 1 is 1.19 bits per heavy atom. The van der Waals surface area contributed by atoms with E-state index < -0.39 is 10.0 Å². The molecule has 0 radical (unpaired) electrons. The van der Waals surface area contributed by atoms with Crippen molar-refractivity contribution in [3.05, 3.63) is 58.6 Å². The van der Waals surface area contributed by atoms with Crippen molar-refractivity contribution >= 4 is 37.3 Å². The second kappa shape index (κ2) is 6.49. The van der Waals surface area contributed by atoms with Crippen LogP contribution < -0.4 is 10.5 Å². The minimum Gasteiger partial charge on any atom is -0.399 e. The maximum atomic E-state index is 12.3. The van der Waals surface area contributed by atoms with Crippen LogP contribution in [0.3, 0.4) is 0 Å². The Kier molecular flexibility index (Phi) is 4.90. The fourth-order valence-corrected chi connectivity index (χ4v) is 4.10. The van der Waals surface area contributed by atoms with Crippen molar-refractivity contribution in [2.75, 3.05) is 16.2 Å². The van der Waals surface area contributed by atoms with E-state index in [0.29, 0.717) is 15.8 Å². The summed E-state index contributed by atoms with van der Waals surface area (Å²) in [4.78, 5) is 0. The molecule has 0 bridgehead atoms. The van der Waals surface area contributed by atoms with Gasteiger partial charge in [0.05, 0.1) is 11.4 Å². The average molecular weight is 369 g/mol. The summed E-state index contributed by atoms with van der Waals surface area (Å²) in [5.41, 5.74) is 7.70. The molecule has 2 aromatic carbocycles. The minimum absolute atomic E-state index is 0.0217. The van der Waals surface area contributed by atoms with Gasteiger partial charge in [0.2, 0.25) is 10.0 Å². The van der Waals surface area contributed by atoms with Gasteiger partial charge in [0.15, 0.2) is 0 Å². The molecule has 0 aliphatic carbocycles. The number of nitrogens with two attached hydrogens (primary N) is 1. The van der Waals surface area contributed by atoms with Gasteiger partial charge in [-0.25, -0.2) is 8.42 Å². The normalized spacial score (nSPS) is 12.9. The van der Waals surface area contributed by atoms with Gasteiger partial charge in [0.25, 0.3) is 0 Å². The summed E-state index contributed by atoms with van der Waals surface area (Å²) >= 11 is 3.30. The highest BCUT2D eigenvalue weighted by Gasteiger charge is 2.18. The Morgan fingerprint density at radius 3 is 2.48 bits per heavy atom. The first kappa shape index (κ1) is 15.9. The first-order chi connectivity index (χ1) is 9.87. The van der Waals surface area contributed by atoms with Crippen LogP contribution >= 0.6 is 15.9 Å². The predicted octanol–water partition coefficient (Wildman–Crippen LogP) is 3.58. The molecule has 0 spiro atoms. The fraction of sp³-hybridized carbons (Fsp3) is 0.200. The Hall–Kier alpha value is -1.53. The van der Waals surface area contributed by atoms with Gasteiger partial charge in [-0.15, -0.1) is 0 Å². The molecule has 0 saturated heterocycles. The standard InChI is InChI=1S/C15H17BrN2O2S/c1-11(12-5-3-2-4-6-12)10-21(19,20)18-15-8-7-13(17)9-14(15)16/h2-9,11,18H,10,17H2,1H3. The number of nitrogen functional groups attached to an aromatic ring is 1. The Balaban J connectivity index is 2.12. The SMILES string of the molecule is CC(CS(=O)(=O)Nc1ccc(N)cc1Br)c1ccccc1. The van der Waals surface area contributed by atoms with Crippen molar-refractivity contribution in [3.63, 3.8) is 0 Å². The molecule has 0 saturated carbocycles. The lowest BCUT2D eigenvalue weighted by molar-refractivity contribution is 0.595. The molecule has 0 fully saturated rings. The van der Waals surface area contributed by atoms with Crippen LogP contribution in [0.1, 0.15) is 18.4 Å². The molecule has 3 N–H and O–H groups in total. The maximum absolute atomic E-state index is 12.3. The Bertz CT molecular complexity index is 718. The molecular formula is C15H17BrN2O2S. The third-order valence-corrected chi connectivity index (χ3v) is 5.22. The molecule has 2 rings (SSSR count). The number of benzene rings is 2. The average Bonchev–Trinajstić information content (AvgIpc) is 2.42. The van der Waals surface area contributed by atoms with Crippen LogP contribution in [0.2, 0.25) is 0 Å². The van der Waals surface area contributed by atoms with Crippen molar-refractivity contribution in [3.8, 4) is 0 Å². The molecule has 0 aliphatic heterocycles. The van der Waals surface area contributed by atoms with E-state index in [1.807, 2.05) is 37.3 Å². The van der Waals surface area contributed by atoms with E-state index in [9.17, 15) is 8.42 Å². The van der Waals surface area contributed by atoms with E-state index in [-0.39, 0.29) is 11.7 Å². The van der Waals surface area contributed by atoms with Gasteiger partial charge >= 0.3 is 0 Å². The molecule has 0 aromatic heterocycles. The van der Waals surface area contributed by atoms with Crippen LogP contribution in [0, 0.1) is 0 Å². The van der Waals surface area contributed by atoms with Crippen molar-refractivity contribution in [2.24, 2.45) is 0 Å². The molecule has 0 aliphatic rings. The molecule has 6 heteroatoms. The highest BCUT2D eigenvalue weighted by atomic mass is 79.9. The highest BCUT2D eigenvalue weighted by molar-refractivity contribution is 9.10. The number of sulfonamides is 1. The number of nitrogens with one attached hydrogen (secondary N) is 1. The van der Waals surface area contributed by atoms with Crippen molar-refractivity contribution in [1.29, 1.82) is 0 Å². The first-order valence-electron chi connectivity index (χ1n) is 6.48. The highest BCUT2D eigenvalue weighted by Crippen LogP contribution is 2.26. The second-order valence-corrected chi connectivity index (χ2v) is 7.56. The van der Waals surface area contributed by atoms with Gasteiger partial charge in [-0.1, -0.05) is 37.3 Å². The van der Waals surface area contributed by atoms with Gasteiger partial charge < -0.3 is 5.73 Å². The zero-order valence-electron chi connectivity index (χ0n) is 11.6. The number of hydrogen-bond donors (Lipinski definition) is 2. The lowest BCUT2D eigenvalue weighted by Gasteiger charge is -2.14. The maximum Gasteiger partial charge on any atom is 0.233 e. The lowest BCUT2D eigenvalue weighted by Crippen LogP contribution is -2.20. The second-order valence-electron chi connectivity index (χ2n) is 4.93. The summed E-state index contributed by atoms with van der Waals surface area (Å²) in [6, 6.07) is 14.5. The van der Waals surface area contributed by atoms with E-state index >= 15 is 0 Å². The number of hydrogen-bond acceptors (Lipinski definition) is 3. The summed E-state index contributed by atoms with van der Waals surface area (Å²) in [7, 11) is -3.44. The predicted molar refractivity (Wildman–Crippen MR) is 90.8 cm³/mol. The van der Waals surface area contributed by atoms with Gasteiger partial charge in [-0.3, -0.25) is 4.72 Å². The van der Waals surface area contributed by atoms with E-state index in [1.54, 1.807) is 18.2 Å². The molecule has 1 unspecified atom stereocenters. The van der Waals surface area contributed by atoms with Crippen molar-refractivity contribution in [2.45, 2.75) is 12.8 Å². The number of halogens is 1. The quantitative estimate of drug-likeness (QED) is 0.792. The van der Waals surface area contributed by atoms with Gasteiger partial charge in [-0.05, 0) is 45.6 Å². The lowest BCUT2D eigenvalue weighted by atomic mass is 10.0. The van der Waals surface area contributed by atoms with Crippen LogP contribution in [-0.4, -0.2) is 14.2 Å². The largest absolute Gasteiger partial charge is 0.399 e. The molecule has 0 heterocycles. The zero-order valence-corrected chi connectivity index (χ0v) is 14.0. The molecule has 1 atom stereocenters. The summed E-state index contributed by atoms with van der Waals surface area (Å²) in [5.74, 6) is -0.0651. The van der Waals surface area contributed by atoms with Crippen molar-refractivity contribution < 1.29 is 8.42 Å². The Morgan fingerprint density at radius 2 is 1.86 bits per heavy atom. The Labute approximate surface area is 133 Å². The molecule has 0 amide bonds. The van der Waals surface area contributed by atoms with Crippen molar-refractivity contribution in [1.82, 2.24) is 0 Å². The van der Waals surface area contributed by atoms with Crippen LogP contribution in [0.4, 0.5) is 11.4 Å². The van der Waals surface area contributed by atoms with Gasteiger partial charge in [-0.2, -0.15) is 0 Å². The molecule has 112 valence electrons. The van der Waals surface area contributed by atoms with Crippen LogP contribution in [-0.2, 0) is 10.0 Å². The topological polar surface area (TPSA) is 72.2 Å². The van der Waals surface area contributed by atoms with E-state index in [4.69, 9.17) is 5.73 Å². The number of anilines is 2. The summed E-state index contributed by atoms with van der Waals surface area (Å²) < 4.78 is 27.7. The molecule has 2 aromatic rings. The zero-order chi connectivity index (χ0) is 15.5. The summed E-state index contributed by atoms with van der Waals surface area (Å²) in [5, 5.41) is 0. The fourth-order valence-electron chi connectivity index (χ4n) is 2.03. The van der Waals surface area contributed by atoms with Crippen LogP contribution in [0.25, 0.3) is 0 Å².